The monoisotopic (exact) mass is 282 g/mol. The van der Waals surface area contributed by atoms with Crippen LogP contribution in [0.1, 0.15) is 29.3 Å². The fraction of sp³-hybridized carbons (Fsp3) is 0.385. The molecule has 0 fully saturated rings. The predicted molar refractivity (Wildman–Crippen MR) is 71.9 cm³/mol. The van der Waals surface area contributed by atoms with Crippen molar-refractivity contribution < 1.29 is 14.3 Å². The highest BCUT2D eigenvalue weighted by Gasteiger charge is 2.31. The van der Waals surface area contributed by atoms with Gasteiger partial charge in [-0.3, -0.25) is 9.59 Å². The van der Waals surface area contributed by atoms with E-state index in [1.165, 1.54) is 0 Å². The van der Waals surface area contributed by atoms with Gasteiger partial charge in [-0.25, -0.2) is 0 Å². The molecule has 2 N–H and O–H groups in total. The van der Waals surface area contributed by atoms with Crippen molar-refractivity contribution in [1.29, 1.82) is 0 Å². The normalized spacial score (nSPS) is 13.6. The zero-order chi connectivity index (χ0) is 14.0. The second kappa shape index (κ2) is 5.48. The Morgan fingerprint density at radius 1 is 1.53 bits per heavy atom. The molecule has 1 aromatic rings. The summed E-state index contributed by atoms with van der Waals surface area (Å²) in [6, 6.07) is 3.30. The van der Waals surface area contributed by atoms with Gasteiger partial charge in [0, 0.05) is 29.4 Å². The van der Waals surface area contributed by atoms with Gasteiger partial charge in [-0.05, 0) is 19.1 Å². The van der Waals surface area contributed by atoms with Crippen LogP contribution in [0.4, 0.5) is 5.69 Å². The van der Waals surface area contributed by atoms with E-state index in [1.807, 2.05) is 0 Å². The van der Waals surface area contributed by atoms with Crippen molar-refractivity contribution in [3.05, 3.63) is 28.3 Å². The summed E-state index contributed by atoms with van der Waals surface area (Å²) in [6.45, 7) is 2.78. The number of amides is 1. The van der Waals surface area contributed by atoms with E-state index in [-0.39, 0.29) is 18.3 Å². The highest BCUT2D eigenvalue weighted by Crippen LogP contribution is 2.33. The highest BCUT2D eigenvalue weighted by atomic mass is 35.5. The first-order valence-electron chi connectivity index (χ1n) is 6.06. The largest absolute Gasteiger partial charge is 0.466 e. The molecule has 0 radical (unpaired) electrons. The molecule has 19 heavy (non-hydrogen) atoms. The number of halogens is 1. The fourth-order valence-electron chi connectivity index (χ4n) is 2.11. The number of esters is 1. The van der Waals surface area contributed by atoms with Gasteiger partial charge < -0.3 is 15.4 Å². The molecule has 1 heterocycles. The smallest absolute Gasteiger partial charge is 0.307 e. The van der Waals surface area contributed by atoms with Gasteiger partial charge in [-0.15, -0.1) is 0 Å². The number of fused-ring (bicyclic) bond motifs is 1. The summed E-state index contributed by atoms with van der Waals surface area (Å²) in [6.07, 6.45) is 0.172. The molecule has 0 bridgehead atoms. The predicted octanol–water partition coefficient (Wildman–Crippen LogP) is 1.83. The van der Waals surface area contributed by atoms with Crippen molar-refractivity contribution in [2.45, 2.75) is 19.9 Å². The van der Waals surface area contributed by atoms with Crippen LogP contribution in [0.25, 0.3) is 0 Å². The Balaban J connectivity index is 2.09. The number of hydrogen-bond acceptors (Lipinski definition) is 4. The average molecular weight is 283 g/mol. The summed E-state index contributed by atoms with van der Waals surface area (Å²) >= 11 is 6.06. The van der Waals surface area contributed by atoms with Crippen LogP contribution in [0.15, 0.2) is 12.1 Å². The Bertz CT molecular complexity index is 531. The van der Waals surface area contributed by atoms with Crippen molar-refractivity contribution >= 4 is 29.2 Å². The topological polar surface area (TPSA) is 72.6 Å². The lowest BCUT2D eigenvalue weighted by Crippen LogP contribution is -2.27. The molecule has 0 spiro atoms. The van der Waals surface area contributed by atoms with Gasteiger partial charge in [-0.1, -0.05) is 11.6 Å². The van der Waals surface area contributed by atoms with E-state index in [0.29, 0.717) is 36.0 Å². The molecule has 0 aliphatic carbocycles. The molecule has 0 saturated carbocycles. The zero-order valence-corrected chi connectivity index (χ0v) is 11.4. The maximum Gasteiger partial charge on any atom is 0.307 e. The SMILES string of the molecule is CCOC(=O)CCN1Cc2c(Cl)ccc(N)c2C1=O. The third-order valence-electron chi connectivity index (χ3n) is 3.03. The van der Waals surface area contributed by atoms with Crippen LogP contribution >= 0.6 is 11.6 Å². The molecule has 2 rings (SSSR count). The summed E-state index contributed by atoms with van der Waals surface area (Å²) in [5.74, 6) is -0.496. The number of carbonyl (C=O) groups is 2. The van der Waals surface area contributed by atoms with E-state index in [4.69, 9.17) is 22.1 Å². The Hall–Kier alpha value is -1.75. The van der Waals surface area contributed by atoms with Gasteiger partial charge in [-0.2, -0.15) is 0 Å². The van der Waals surface area contributed by atoms with Crippen molar-refractivity contribution in [1.82, 2.24) is 4.90 Å². The third-order valence-corrected chi connectivity index (χ3v) is 3.38. The van der Waals surface area contributed by atoms with Crippen LogP contribution in [-0.2, 0) is 16.1 Å². The number of hydrogen-bond donors (Lipinski definition) is 1. The summed E-state index contributed by atoms with van der Waals surface area (Å²) in [4.78, 5) is 25.0. The lowest BCUT2D eigenvalue weighted by atomic mass is 10.1. The van der Waals surface area contributed by atoms with Gasteiger partial charge >= 0.3 is 5.97 Å². The van der Waals surface area contributed by atoms with Crippen LogP contribution < -0.4 is 5.73 Å². The summed E-state index contributed by atoms with van der Waals surface area (Å²) in [5.41, 5.74) is 7.41. The van der Waals surface area contributed by atoms with E-state index in [2.05, 4.69) is 0 Å². The highest BCUT2D eigenvalue weighted by molar-refractivity contribution is 6.32. The molecule has 1 aliphatic heterocycles. The standard InChI is InChI=1S/C13H15ClN2O3/c1-2-19-11(17)5-6-16-7-8-9(14)3-4-10(15)12(8)13(16)18/h3-4H,2,5-7,15H2,1H3. The van der Waals surface area contributed by atoms with Crippen molar-refractivity contribution in [3.8, 4) is 0 Å². The quantitative estimate of drug-likeness (QED) is 0.675. The number of nitrogens with zero attached hydrogens (tertiary/aromatic N) is 1. The molecule has 0 aromatic heterocycles. The van der Waals surface area contributed by atoms with Crippen LogP contribution in [0.3, 0.4) is 0 Å². The Morgan fingerprint density at radius 3 is 2.89 bits per heavy atom. The van der Waals surface area contributed by atoms with Crippen LogP contribution in [0, 0.1) is 0 Å². The second-order valence-corrected chi connectivity index (χ2v) is 4.68. The maximum absolute atomic E-state index is 12.2. The minimum atomic E-state index is -0.315. The maximum atomic E-state index is 12.2. The Morgan fingerprint density at radius 2 is 2.26 bits per heavy atom. The molecule has 6 heteroatoms. The van der Waals surface area contributed by atoms with Gasteiger partial charge in [0.05, 0.1) is 18.6 Å². The molecule has 0 unspecified atom stereocenters. The first-order chi connectivity index (χ1) is 9.04. The Kier molecular flexibility index (Phi) is 3.95. The summed E-state index contributed by atoms with van der Waals surface area (Å²) in [5, 5.41) is 0.524. The van der Waals surface area contributed by atoms with E-state index in [9.17, 15) is 9.59 Å². The lowest BCUT2D eigenvalue weighted by Gasteiger charge is -2.14. The number of rotatable bonds is 4. The molecule has 1 aliphatic rings. The van der Waals surface area contributed by atoms with Crippen LogP contribution in [-0.4, -0.2) is 29.9 Å². The fourth-order valence-corrected chi connectivity index (χ4v) is 2.33. The number of nitrogens with two attached hydrogens (primary N) is 1. The van der Waals surface area contributed by atoms with Crippen molar-refractivity contribution in [2.75, 3.05) is 18.9 Å². The second-order valence-electron chi connectivity index (χ2n) is 4.27. The van der Waals surface area contributed by atoms with Gasteiger partial charge in [0.15, 0.2) is 0 Å². The third kappa shape index (κ3) is 2.66. The molecule has 5 nitrogen and oxygen atoms in total. The zero-order valence-electron chi connectivity index (χ0n) is 10.6. The first kappa shape index (κ1) is 13.7. The molecule has 1 aromatic carbocycles. The van der Waals surface area contributed by atoms with Crippen molar-refractivity contribution in [2.24, 2.45) is 0 Å². The van der Waals surface area contributed by atoms with E-state index in [0.717, 1.165) is 5.56 Å². The number of anilines is 1. The number of ether oxygens (including phenoxy) is 1. The van der Waals surface area contributed by atoms with E-state index in [1.54, 1.807) is 24.0 Å². The number of benzene rings is 1. The summed E-state index contributed by atoms with van der Waals surface area (Å²) < 4.78 is 4.83. The van der Waals surface area contributed by atoms with Crippen molar-refractivity contribution in [3.63, 3.8) is 0 Å². The lowest BCUT2D eigenvalue weighted by molar-refractivity contribution is -0.143. The number of carbonyl (C=O) groups excluding carboxylic acids is 2. The molecule has 0 saturated heterocycles. The first-order valence-corrected chi connectivity index (χ1v) is 6.44. The Labute approximate surface area is 116 Å². The molecule has 0 atom stereocenters. The van der Waals surface area contributed by atoms with E-state index < -0.39 is 0 Å². The average Bonchev–Trinajstić information content (AvgIpc) is 2.71. The minimum absolute atomic E-state index is 0.172. The van der Waals surface area contributed by atoms with E-state index >= 15 is 0 Å². The molecule has 102 valence electrons. The molecule has 1 amide bonds. The van der Waals surface area contributed by atoms with Crippen LogP contribution in [0.2, 0.25) is 5.02 Å². The van der Waals surface area contributed by atoms with Gasteiger partial charge in [0.1, 0.15) is 0 Å². The molecular formula is C13H15ClN2O3. The summed E-state index contributed by atoms with van der Waals surface area (Å²) in [7, 11) is 0. The van der Waals surface area contributed by atoms with Crippen LogP contribution in [0.5, 0.6) is 0 Å². The van der Waals surface area contributed by atoms with Gasteiger partial charge in [0.25, 0.3) is 5.91 Å². The number of nitrogen functional groups attached to an aromatic ring is 1. The van der Waals surface area contributed by atoms with Gasteiger partial charge in [0.2, 0.25) is 0 Å². The molecular weight excluding hydrogens is 268 g/mol. The minimum Gasteiger partial charge on any atom is -0.466 e.